The summed E-state index contributed by atoms with van der Waals surface area (Å²) < 4.78 is 18.2. The number of hydrogen-bond donors (Lipinski definition) is 2. The van der Waals surface area contributed by atoms with Crippen molar-refractivity contribution in [3.8, 4) is 0 Å². The third-order valence-corrected chi connectivity index (χ3v) is 4.04. The fraction of sp³-hybridized carbons (Fsp3) is 0.235. The molecule has 25 heavy (non-hydrogen) atoms. The van der Waals surface area contributed by atoms with E-state index in [-0.39, 0.29) is 6.54 Å². The Labute approximate surface area is 142 Å². The number of benzene rings is 1. The summed E-state index contributed by atoms with van der Waals surface area (Å²) >= 11 is 0. The van der Waals surface area contributed by atoms with Crippen LogP contribution < -0.4 is 10.6 Å². The molecule has 0 spiro atoms. The van der Waals surface area contributed by atoms with Gasteiger partial charge in [-0.15, -0.1) is 0 Å². The van der Waals surface area contributed by atoms with Gasteiger partial charge in [0.05, 0.1) is 12.8 Å². The highest BCUT2D eigenvalue weighted by Crippen LogP contribution is 2.28. The molecule has 2 aromatic rings. The molecule has 1 aliphatic heterocycles. The smallest absolute Gasteiger partial charge is 0.325 e. The summed E-state index contributed by atoms with van der Waals surface area (Å²) in [6.07, 6.45) is 1.48. The van der Waals surface area contributed by atoms with Crippen molar-refractivity contribution in [2.75, 3.05) is 6.54 Å². The highest BCUT2D eigenvalue weighted by molar-refractivity contribution is 6.09. The van der Waals surface area contributed by atoms with Crippen molar-refractivity contribution >= 4 is 17.8 Å². The Morgan fingerprint density at radius 2 is 2.00 bits per heavy atom. The van der Waals surface area contributed by atoms with Gasteiger partial charge in [0, 0.05) is 0 Å². The lowest BCUT2D eigenvalue weighted by molar-refractivity contribution is -0.134. The maximum absolute atomic E-state index is 13.1. The first-order valence-electron chi connectivity index (χ1n) is 7.59. The van der Waals surface area contributed by atoms with Gasteiger partial charge in [0.25, 0.3) is 5.91 Å². The topological polar surface area (TPSA) is 91.7 Å². The number of amides is 4. The van der Waals surface area contributed by atoms with Crippen molar-refractivity contribution in [2.24, 2.45) is 0 Å². The number of nitrogens with zero attached hydrogens (tertiary/aromatic N) is 1. The van der Waals surface area contributed by atoms with Crippen LogP contribution in [0.4, 0.5) is 9.18 Å². The molecule has 7 nitrogen and oxygen atoms in total. The number of furan rings is 1. The van der Waals surface area contributed by atoms with E-state index in [1.807, 2.05) is 0 Å². The molecular formula is C17H16FN3O4. The molecule has 8 heteroatoms. The molecule has 130 valence electrons. The lowest BCUT2D eigenvalue weighted by Crippen LogP contribution is -2.43. The molecule has 2 heterocycles. The van der Waals surface area contributed by atoms with Crippen LogP contribution in [0.25, 0.3) is 0 Å². The van der Waals surface area contributed by atoms with Gasteiger partial charge >= 0.3 is 6.03 Å². The lowest BCUT2D eigenvalue weighted by atomic mass is 9.92. The maximum atomic E-state index is 13.1. The van der Waals surface area contributed by atoms with E-state index in [2.05, 4.69) is 10.6 Å². The molecule has 1 saturated heterocycles. The normalized spacial score (nSPS) is 19.8. The Bertz CT molecular complexity index is 804. The van der Waals surface area contributed by atoms with Crippen LogP contribution in [0.3, 0.4) is 0 Å². The van der Waals surface area contributed by atoms with E-state index in [0.717, 1.165) is 4.90 Å². The molecule has 1 atom stereocenters. The quantitative estimate of drug-likeness (QED) is 0.804. The molecule has 1 aromatic carbocycles. The molecule has 0 aliphatic carbocycles. The van der Waals surface area contributed by atoms with E-state index >= 15 is 0 Å². The van der Waals surface area contributed by atoms with Crippen LogP contribution in [-0.2, 0) is 21.7 Å². The molecule has 1 aliphatic rings. The summed E-state index contributed by atoms with van der Waals surface area (Å²) in [5.74, 6) is -0.958. The predicted molar refractivity (Wildman–Crippen MR) is 84.6 cm³/mol. The number of imide groups is 1. The summed E-state index contributed by atoms with van der Waals surface area (Å²) in [5, 5.41) is 5.13. The van der Waals surface area contributed by atoms with Gasteiger partial charge in [-0.2, -0.15) is 0 Å². The third-order valence-electron chi connectivity index (χ3n) is 4.04. The largest absolute Gasteiger partial charge is 0.467 e. The van der Waals surface area contributed by atoms with Crippen LogP contribution in [0, 0.1) is 5.82 Å². The number of carbonyl (C=O) groups is 3. The number of rotatable bonds is 5. The van der Waals surface area contributed by atoms with E-state index in [4.69, 9.17) is 4.42 Å². The third kappa shape index (κ3) is 3.23. The Morgan fingerprint density at radius 3 is 2.64 bits per heavy atom. The van der Waals surface area contributed by atoms with Gasteiger partial charge in [-0.25, -0.2) is 9.18 Å². The highest BCUT2D eigenvalue weighted by atomic mass is 19.1. The van der Waals surface area contributed by atoms with E-state index in [0.29, 0.717) is 11.3 Å². The van der Waals surface area contributed by atoms with Crippen LogP contribution in [0.1, 0.15) is 18.2 Å². The number of carbonyl (C=O) groups excluding carboxylic acids is 3. The van der Waals surface area contributed by atoms with E-state index in [9.17, 15) is 18.8 Å². The molecule has 0 radical (unpaired) electrons. The van der Waals surface area contributed by atoms with Gasteiger partial charge in [0.2, 0.25) is 5.91 Å². The van der Waals surface area contributed by atoms with Gasteiger partial charge in [-0.05, 0) is 36.8 Å². The highest BCUT2D eigenvalue weighted by Gasteiger charge is 2.49. The molecule has 1 unspecified atom stereocenters. The molecule has 0 bridgehead atoms. The SMILES string of the molecule is CC1(c2ccc(F)cc2)NC(=O)N(CC(=O)NCc2ccco2)C1=O. The van der Waals surface area contributed by atoms with E-state index < -0.39 is 35.7 Å². The summed E-state index contributed by atoms with van der Waals surface area (Å²) in [6.45, 7) is 1.26. The van der Waals surface area contributed by atoms with E-state index in [1.54, 1.807) is 12.1 Å². The van der Waals surface area contributed by atoms with Crippen LogP contribution in [0.2, 0.25) is 0 Å². The molecule has 0 saturated carbocycles. The van der Waals surface area contributed by atoms with Crippen LogP contribution in [0.5, 0.6) is 0 Å². The van der Waals surface area contributed by atoms with Crippen LogP contribution in [-0.4, -0.2) is 29.3 Å². The predicted octanol–water partition coefficient (Wildman–Crippen LogP) is 1.50. The Kier molecular flexibility index (Phi) is 4.26. The van der Waals surface area contributed by atoms with Crippen molar-refractivity contribution in [2.45, 2.75) is 19.0 Å². The van der Waals surface area contributed by atoms with Gasteiger partial charge in [0.1, 0.15) is 23.7 Å². The number of halogens is 1. The summed E-state index contributed by atoms with van der Waals surface area (Å²) in [4.78, 5) is 37.6. The summed E-state index contributed by atoms with van der Waals surface area (Å²) in [7, 11) is 0. The van der Waals surface area contributed by atoms with Crippen molar-refractivity contribution in [1.29, 1.82) is 0 Å². The zero-order valence-electron chi connectivity index (χ0n) is 13.4. The second-order valence-electron chi connectivity index (χ2n) is 5.81. The molecule has 1 aromatic heterocycles. The van der Waals surface area contributed by atoms with Gasteiger partial charge in [0.15, 0.2) is 0 Å². The van der Waals surface area contributed by atoms with E-state index in [1.165, 1.54) is 37.5 Å². The second kappa shape index (κ2) is 6.39. The second-order valence-corrected chi connectivity index (χ2v) is 5.81. The van der Waals surface area contributed by atoms with Crippen molar-refractivity contribution < 1.29 is 23.2 Å². The maximum Gasteiger partial charge on any atom is 0.325 e. The number of nitrogens with one attached hydrogen (secondary N) is 2. The minimum absolute atomic E-state index is 0.157. The fourth-order valence-corrected chi connectivity index (χ4v) is 2.62. The van der Waals surface area contributed by atoms with Gasteiger partial charge < -0.3 is 15.1 Å². The molecule has 3 rings (SSSR count). The molecular weight excluding hydrogens is 329 g/mol. The average molecular weight is 345 g/mol. The Morgan fingerprint density at radius 1 is 1.28 bits per heavy atom. The molecule has 4 amide bonds. The monoisotopic (exact) mass is 345 g/mol. The average Bonchev–Trinajstić information content (AvgIpc) is 3.17. The number of urea groups is 1. The van der Waals surface area contributed by atoms with Gasteiger partial charge in [-0.1, -0.05) is 12.1 Å². The first kappa shape index (κ1) is 16.7. The Hall–Kier alpha value is -3.16. The summed E-state index contributed by atoms with van der Waals surface area (Å²) in [6, 6.07) is 7.97. The zero-order valence-corrected chi connectivity index (χ0v) is 13.4. The van der Waals surface area contributed by atoms with Crippen molar-refractivity contribution in [3.63, 3.8) is 0 Å². The minimum atomic E-state index is -1.34. The molecule has 2 N–H and O–H groups in total. The van der Waals surface area contributed by atoms with Crippen LogP contribution in [0.15, 0.2) is 47.1 Å². The first-order valence-corrected chi connectivity index (χ1v) is 7.59. The zero-order chi connectivity index (χ0) is 18.0. The fourth-order valence-electron chi connectivity index (χ4n) is 2.62. The first-order chi connectivity index (χ1) is 11.9. The van der Waals surface area contributed by atoms with Crippen LogP contribution >= 0.6 is 0 Å². The van der Waals surface area contributed by atoms with Gasteiger partial charge in [-0.3, -0.25) is 14.5 Å². The standard InChI is InChI=1S/C17H16FN3O4/c1-17(11-4-6-12(18)7-5-11)15(23)21(16(24)20-17)10-14(22)19-9-13-3-2-8-25-13/h2-8H,9-10H2,1H3,(H,19,22)(H,20,24). The van der Waals surface area contributed by atoms with Crippen molar-refractivity contribution in [1.82, 2.24) is 15.5 Å². The molecule has 1 fully saturated rings. The Balaban J connectivity index is 1.68. The minimum Gasteiger partial charge on any atom is -0.467 e. The lowest BCUT2D eigenvalue weighted by Gasteiger charge is -2.22. The van der Waals surface area contributed by atoms with Crippen molar-refractivity contribution in [3.05, 3.63) is 59.8 Å². The summed E-state index contributed by atoms with van der Waals surface area (Å²) in [5.41, 5.74) is -0.905. The number of hydrogen-bond acceptors (Lipinski definition) is 4.